The molecule has 0 N–H and O–H groups in total. The van der Waals surface area contributed by atoms with Gasteiger partial charge in [-0.25, -0.2) is 0 Å². The van der Waals surface area contributed by atoms with Crippen molar-refractivity contribution in [1.29, 1.82) is 0 Å². The Balaban J connectivity index is 3.84. The Morgan fingerprint density at radius 3 is 2.23 bits per heavy atom. The Hall–Kier alpha value is -0.540. The van der Waals surface area contributed by atoms with Crippen LogP contribution in [0.2, 0.25) is 0 Å². The average molecular weight is 196 g/mol. The minimum Gasteiger partial charge on any atom is -0.289 e. The molecule has 1 nitrogen and oxygen atoms in total. The van der Waals surface area contributed by atoms with E-state index in [9.17, 15) is 18.0 Å². The number of ketones is 1. The van der Waals surface area contributed by atoms with Crippen molar-refractivity contribution < 1.29 is 18.0 Å². The first-order valence-electron chi connectivity index (χ1n) is 4.50. The predicted molar refractivity (Wildman–Crippen MR) is 44.4 cm³/mol. The number of alkyl halides is 3. The molecule has 0 aromatic carbocycles. The lowest BCUT2D eigenvalue weighted by Crippen LogP contribution is -2.28. The molecule has 0 amide bonds. The van der Waals surface area contributed by atoms with Crippen LogP contribution in [-0.2, 0) is 4.79 Å². The van der Waals surface area contributed by atoms with Gasteiger partial charge in [-0.05, 0) is 6.42 Å². The molecule has 1 unspecified atom stereocenters. The minimum absolute atomic E-state index is 0.339. The van der Waals surface area contributed by atoms with Crippen LogP contribution in [0.1, 0.15) is 39.5 Å². The van der Waals surface area contributed by atoms with Crippen molar-refractivity contribution in [2.45, 2.75) is 45.7 Å². The van der Waals surface area contributed by atoms with Gasteiger partial charge in [-0.1, -0.05) is 33.1 Å². The van der Waals surface area contributed by atoms with E-state index in [0.717, 1.165) is 12.8 Å². The van der Waals surface area contributed by atoms with E-state index in [1.54, 1.807) is 0 Å². The van der Waals surface area contributed by atoms with Crippen LogP contribution in [-0.4, -0.2) is 12.0 Å². The standard InChI is InChI=1S/C9H15F3O/c1-3-4-5-6-7(2)8(13)9(10,11)12/h7H,3-6H2,1-2H3. The molecule has 0 heterocycles. The van der Waals surface area contributed by atoms with E-state index in [0.29, 0.717) is 12.8 Å². The summed E-state index contributed by atoms with van der Waals surface area (Å²) in [5.41, 5.74) is 0. The molecule has 4 heteroatoms. The highest BCUT2D eigenvalue weighted by molar-refractivity contribution is 5.85. The zero-order valence-corrected chi connectivity index (χ0v) is 7.95. The van der Waals surface area contributed by atoms with Gasteiger partial charge in [0.25, 0.3) is 0 Å². The van der Waals surface area contributed by atoms with Crippen molar-refractivity contribution in [2.75, 3.05) is 0 Å². The van der Waals surface area contributed by atoms with Crippen LogP contribution in [0.4, 0.5) is 13.2 Å². The topological polar surface area (TPSA) is 17.1 Å². The Bertz CT molecular complexity index is 163. The molecule has 1 atom stereocenters. The molecule has 0 aromatic heterocycles. The van der Waals surface area contributed by atoms with E-state index in [4.69, 9.17) is 0 Å². The summed E-state index contributed by atoms with van der Waals surface area (Å²) < 4.78 is 35.6. The third-order valence-corrected chi connectivity index (χ3v) is 1.97. The van der Waals surface area contributed by atoms with Crippen molar-refractivity contribution >= 4 is 5.78 Å². The van der Waals surface area contributed by atoms with E-state index in [-0.39, 0.29) is 0 Å². The summed E-state index contributed by atoms with van der Waals surface area (Å²) >= 11 is 0. The molecular weight excluding hydrogens is 181 g/mol. The summed E-state index contributed by atoms with van der Waals surface area (Å²) in [5, 5.41) is 0. The lowest BCUT2D eigenvalue weighted by Gasteiger charge is -2.11. The molecule has 13 heavy (non-hydrogen) atoms. The monoisotopic (exact) mass is 196 g/mol. The van der Waals surface area contributed by atoms with Gasteiger partial charge in [-0.15, -0.1) is 0 Å². The molecule has 78 valence electrons. The molecule has 0 aliphatic heterocycles. The lowest BCUT2D eigenvalue weighted by molar-refractivity contribution is -0.175. The highest BCUT2D eigenvalue weighted by atomic mass is 19.4. The second kappa shape index (κ2) is 5.25. The Morgan fingerprint density at radius 2 is 1.85 bits per heavy atom. The molecule has 0 aromatic rings. The molecule has 0 fully saturated rings. The molecule has 0 radical (unpaired) electrons. The number of carbonyl (C=O) groups excluding carboxylic acids is 1. The van der Waals surface area contributed by atoms with Gasteiger partial charge in [-0.2, -0.15) is 13.2 Å². The highest BCUT2D eigenvalue weighted by Gasteiger charge is 2.40. The van der Waals surface area contributed by atoms with Gasteiger partial charge in [0.1, 0.15) is 0 Å². The Morgan fingerprint density at radius 1 is 1.31 bits per heavy atom. The van der Waals surface area contributed by atoms with Crippen molar-refractivity contribution in [3.05, 3.63) is 0 Å². The van der Waals surface area contributed by atoms with Gasteiger partial charge < -0.3 is 0 Å². The summed E-state index contributed by atoms with van der Waals surface area (Å²) in [6.45, 7) is 3.31. The summed E-state index contributed by atoms with van der Waals surface area (Å²) in [6.07, 6.45) is -1.79. The van der Waals surface area contributed by atoms with Gasteiger partial charge in [-0.3, -0.25) is 4.79 Å². The number of rotatable bonds is 5. The third kappa shape index (κ3) is 4.90. The number of hydrogen-bond acceptors (Lipinski definition) is 1. The summed E-state index contributed by atoms with van der Waals surface area (Å²) in [4.78, 5) is 10.6. The van der Waals surface area contributed by atoms with Crippen molar-refractivity contribution in [2.24, 2.45) is 5.92 Å². The maximum Gasteiger partial charge on any atom is 0.450 e. The van der Waals surface area contributed by atoms with Crippen LogP contribution in [0.5, 0.6) is 0 Å². The number of hydrogen-bond donors (Lipinski definition) is 0. The number of Topliss-reactive ketones (excluding diaryl/α,β-unsaturated/α-hetero) is 1. The Kier molecular flexibility index (Phi) is 5.03. The van der Waals surface area contributed by atoms with Crippen molar-refractivity contribution in [3.8, 4) is 0 Å². The van der Waals surface area contributed by atoms with E-state index in [1.165, 1.54) is 6.92 Å². The maximum atomic E-state index is 11.9. The normalized spacial score (nSPS) is 14.2. The van der Waals surface area contributed by atoms with Crippen LogP contribution < -0.4 is 0 Å². The maximum absolute atomic E-state index is 11.9. The molecule has 0 aliphatic carbocycles. The molecule has 0 spiro atoms. The average Bonchev–Trinajstić information content (AvgIpc) is 2.01. The largest absolute Gasteiger partial charge is 0.450 e. The molecular formula is C9H15F3O. The lowest BCUT2D eigenvalue weighted by atomic mass is 9.99. The summed E-state index contributed by atoms with van der Waals surface area (Å²) in [7, 11) is 0. The van der Waals surface area contributed by atoms with Crippen LogP contribution in [0.15, 0.2) is 0 Å². The zero-order valence-electron chi connectivity index (χ0n) is 7.95. The van der Waals surface area contributed by atoms with Crippen LogP contribution in [0.3, 0.4) is 0 Å². The molecule has 0 saturated carbocycles. The van der Waals surface area contributed by atoms with Gasteiger partial charge in [0.2, 0.25) is 5.78 Å². The van der Waals surface area contributed by atoms with Crippen LogP contribution in [0.25, 0.3) is 0 Å². The molecule has 0 bridgehead atoms. The number of unbranched alkanes of at least 4 members (excludes halogenated alkanes) is 2. The second-order valence-corrected chi connectivity index (χ2v) is 3.26. The second-order valence-electron chi connectivity index (χ2n) is 3.26. The number of carbonyl (C=O) groups is 1. The van der Waals surface area contributed by atoms with E-state index < -0.39 is 17.9 Å². The van der Waals surface area contributed by atoms with Gasteiger partial charge >= 0.3 is 6.18 Å². The first-order valence-corrected chi connectivity index (χ1v) is 4.50. The quantitative estimate of drug-likeness (QED) is 0.616. The first-order chi connectivity index (χ1) is 5.89. The SMILES string of the molecule is CCCCCC(C)C(=O)C(F)(F)F. The minimum atomic E-state index is -4.66. The van der Waals surface area contributed by atoms with Crippen molar-refractivity contribution in [1.82, 2.24) is 0 Å². The predicted octanol–water partition coefficient (Wildman–Crippen LogP) is 3.33. The smallest absolute Gasteiger partial charge is 0.289 e. The van der Waals surface area contributed by atoms with E-state index >= 15 is 0 Å². The molecule has 0 aliphatic rings. The molecule has 0 rings (SSSR count). The van der Waals surface area contributed by atoms with Gasteiger partial charge in [0.15, 0.2) is 0 Å². The fourth-order valence-electron chi connectivity index (χ4n) is 1.11. The molecule has 0 saturated heterocycles. The zero-order chi connectivity index (χ0) is 10.5. The van der Waals surface area contributed by atoms with Crippen molar-refractivity contribution in [3.63, 3.8) is 0 Å². The fraction of sp³-hybridized carbons (Fsp3) is 0.889. The van der Waals surface area contributed by atoms with Crippen LogP contribution >= 0.6 is 0 Å². The first kappa shape index (κ1) is 12.5. The summed E-state index contributed by atoms with van der Waals surface area (Å²) in [5.74, 6) is -2.48. The number of halogens is 3. The van der Waals surface area contributed by atoms with Gasteiger partial charge in [0.05, 0.1) is 0 Å². The van der Waals surface area contributed by atoms with E-state index in [1.807, 2.05) is 6.92 Å². The van der Waals surface area contributed by atoms with Crippen LogP contribution in [0, 0.1) is 5.92 Å². The van der Waals surface area contributed by atoms with Gasteiger partial charge in [0, 0.05) is 5.92 Å². The fourth-order valence-corrected chi connectivity index (χ4v) is 1.11. The Labute approximate surface area is 76.3 Å². The highest BCUT2D eigenvalue weighted by Crippen LogP contribution is 2.23. The van der Waals surface area contributed by atoms with E-state index in [2.05, 4.69) is 0 Å². The summed E-state index contributed by atoms with van der Waals surface area (Å²) in [6, 6.07) is 0. The third-order valence-electron chi connectivity index (χ3n) is 1.97.